The van der Waals surface area contributed by atoms with Crippen LogP contribution >= 0.6 is 11.6 Å². The maximum absolute atomic E-state index is 6.20. The van der Waals surface area contributed by atoms with Crippen molar-refractivity contribution in [3.8, 4) is 11.5 Å². The number of halogens is 1. The molecule has 1 heterocycles. The van der Waals surface area contributed by atoms with E-state index in [0.717, 1.165) is 16.5 Å². The lowest BCUT2D eigenvalue weighted by Gasteiger charge is -2.12. The van der Waals surface area contributed by atoms with Crippen molar-refractivity contribution in [1.29, 1.82) is 0 Å². The van der Waals surface area contributed by atoms with Crippen LogP contribution in [0.15, 0.2) is 48.7 Å². The van der Waals surface area contributed by atoms with Crippen LogP contribution in [0.1, 0.15) is 5.56 Å². The van der Waals surface area contributed by atoms with Gasteiger partial charge in [-0.3, -0.25) is 4.98 Å². The fraction of sp³-hybridized carbons (Fsp3) is 0.0625. The molecule has 2 N–H and O–H groups in total. The van der Waals surface area contributed by atoms with Gasteiger partial charge in [0.15, 0.2) is 5.75 Å². The average molecular weight is 285 g/mol. The molecule has 3 nitrogen and oxygen atoms in total. The number of para-hydroxylation sites is 1. The van der Waals surface area contributed by atoms with Crippen LogP contribution in [-0.2, 0) is 0 Å². The smallest absolute Gasteiger partial charge is 0.161 e. The summed E-state index contributed by atoms with van der Waals surface area (Å²) in [5, 5.41) is 1.43. The van der Waals surface area contributed by atoms with Gasteiger partial charge in [0.25, 0.3) is 0 Å². The van der Waals surface area contributed by atoms with Crippen LogP contribution in [0.4, 0.5) is 5.69 Å². The summed E-state index contributed by atoms with van der Waals surface area (Å²) in [6.45, 7) is 1.98. The Labute approximate surface area is 122 Å². The zero-order chi connectivity index (χ0) is 14.1. The molecule has 0 saturated heterocycles. The number of benzene rings is 2. The molecule has 4 heteroatoms. The van der Waals surface area contributed by atoms with Crippen molar-refractivity contribution in [2.24, 2.45) is 0 Å². The molecule has 0 radical (unpaired) electrons. The van der Waals surface area contributed by atoms with E-state index in [-0.39, 0.29) is 0 Å². The molecule has 0 unspecified atom stereocenters. The molecule has 3 aromatic rings. The summed E-state index contributed by atoms with van der Waals surface area (Å²) in [5.41, 5.74) is 8.38. The Hall–Kier alpha value is -2.26. The first-order chi connectivity index (χ1) is 9.65. The lowest BCUT2D eigenvalue weighted by Crippen LogP contribution is -1.95. The third-order valence-corrected chi connectivity index (χ3v) is 3.35. The van der Waals surface area contributed by atoms with Gasteiger partial charge >= 0.3 is 0 Å². The number of pyridine rings is 1. The van der Waals surface area contributed by atoms with Crippen molar-refractivity contribution in [2.75, 3.05) is 5.73 Å². The second-order valence-corrected chi connectivity index (χ2v) is 5.00. The van der Waals surface area contributed by atoms with Crippen LogP contribution < -0.4 is 10.5 Å². The highest BCUT2D eigenvalue weighted by Gasteiger charge is 2.11. The first kappa shape index (κ1) is 12.8. The number of ether oxygens (including phenoxy) is 1. The summed E-state index contributed by atoms with van der Waals surface area (Å²) >= 11 is 6.20. The van der Waals surface area contributed by atoms with E-state index < -0.39 is 0 Å². The SMILES string of the molecule is Cc1ccc(Oc2c(N)cnc3ccccc23)c(Cl)c1. The Kier molecular flexibility index (Phi) is 3.20. The average Bonchev–Trinajstić information content (AvgIpc) is 2.44. The lowest BCUT2D eigenvalue weighted by molar-refractivity contribution is 0.490. The molecule has 0 bridgehead atoms. The molecule has 20 heavy (non-hydrogen) atoms. The first-order valence-corrected chi connectivity index (χ1v) is 6.60. The van der Waals surface area contributed by atoms with Gasteiger partial charge in [0, 0.05) is 5.39 Å². The van der Waals surface area contributed by atoms with Gasteiger partial charge in [-0.05, 0) is 36.8 Å². The van der Waals surface area contributed by atoms with Crippen LogP contribution in [0, 0.1) is 6.92 Å². The normalized spacial score (nSPS) is 10.7. The molecule has 2 aromatic carbocycles. The molecule has 1 aromatic heterocycles. The number of hydrogen-bond donors (Lipinski definition) is 1. The molecular weight excluding hydrogens is 272 g/mol. The third-order valence-electron chi connectivity index (χ3n) is 3.05. The topological polar surface area (TPSA) is 48.1 Å². The summed E-state index contributed by atoms with van der Waals surface area (Å²) in [5.74, 6) is 1.17. The van der Waals surface area contributed by atoms with Crippen molar-refractivity contribution < 1.29 is 4.74 Å². The molecule has 0 fully saturated rings. The quantitative estimate of drug-likeness (QED) is 0.750. The van der Waals surface area contributed by atoms with Crippen molar-refractivity contribution in [3.63, 3.8) is 0 Å². The molecule has 0 spiro atoms. The van der Waals surface area contributed by atoms with Gasteiger partial charge in [-0.15, -0.1) is 0 Å². The van der Waals surface area contributed by atoms with Crippen LogP contribution in [0.5, 0.6) is 11.5 Å². The first-order valence-electron chi connectivity index (χ1n) is 6.22. The minimum atomic E-state index is 0.486. The molecule has 0 aliphatic carbocycles. The predicted octanol–water partition coefficient (Wildman–Crippen LogP) is 4.57. The van der Waals surface area contributed by atoms with Gasteiger partial charge < -0.3 is 10.5 Å². The molecule has 0 atom stereocenters. The number of nitrogen functional groups attached to an aromatic ring is 1. The molecule has 0 saturated carbocycles. The Morgan fingerprint density at radius 3 is 2.75 bits per heavy atom. The van der Waals surface area contributed by atoms with E-state index in [1.807, 2.05) is 49.4 Å². The van der Waals surface area contributed by atoms with Gasteiger partial charge in [-0.1, -0.05) is 29.8 Å². The van der Waals surface area contributed by atoms with Crippen molar-refractivity contribution in [1.82, 2.24) is 4.98 Å². The van der Waals surface area contributed by atoms with E-state index in [1.54, 1.807) is 6.20 Å². The van der Waals surface area contributed by atoms with Crippen LogP contribution in [0.3, 0.4) is 0 Å². The highest BCUT2D eigenvalue weighted by molar-refractivity contribution is 6.32. The van der Waals surface area contributed by atoms with E-state index in [1.165, 1.54) is 0 Å². The van der Waals surface area contributed by atoms with E-state index in [0.29, 0.717) is 22.2 Å². The fourth-order valence-electron chi connectivity index (χ4n) is 2.04. The molecule has 3 rings (SSSR count). The standard InChI is InChI=1S/C16H13ClN2O/c1-10-6-7-15(12(17)8-10)20-16-11-4-2-3-5-14(11)19-9-13(16)18/h2-9H,18H2,1H3. The van der Waals surface area contributed by atoms with Crippen LogP contribution in [0.25, 0.3) is 10.9 Å². The monoisotopic (exact) mass is 284 g/mol. The van der Waals surface area contributed by atoms with E-state index in [9.17, 15) is 0 Å². The number of nitrogens with two attached hydrogens (primary N) is 1. The van der Waals surface area contributed by atoms with Gasteiger partial charge in [-0.25, -0.2) is 0 Å². The number of hydrogen-bond acceptors (Lipinski definition) is 3. The van der Waals surface area contributed by atoms with E-state index >= 15 is 0 Å². The largest absolute Gasteiger partial charge is 0.453 e. The van der Waals surface area contributed by atoms with Gasteiger partial charge in [0.1, 0.15) is 5.75 Å². The van der Waals surface area contributed by atoms with Gasteiger partial charge in [-0.2, -0.15) is 0 Å². The fourth-order valence-corrected chi connectivity index (χ4v) is 2.32. The summed E-state index contributed by atoms with van der Waals surface area (Å²) < 4.78 is 5.91. The molecule has 0 aliphatic rings. The second kappa shape index (κ2) is 5.02. The number of aryl methyl sites for hydroxylation is 1. The van der Waals surface area contributed by atoms with E-state index in [2.05, 4.69) is 4.98 Å². The predicted molar refractivity (Wildman–Crippen MR) is 82.4 cm³/mol. The zero-order valence-corrected chi connectivity index (χ0v) is 11.7. The Morgan fingerprint density at radius 2 is 1.95 bits per heavy atom. The number of rotatable bonds is 2. The minimum absolute atomic E-state index is 0.486. The molecular formula is C16H13ClN2O. The van der Waals surface area contributed by atoms with Gasteiger partial charge in [0.05, 0.1) is 22.4 Å². The number of nitrogens with zero attached hydrogens (tertiary/aromatic N) is 1. The maximum Gasteiger partial charge on any atom is 0.161 e. The van der Waals surface area contributed by atoms with Crippen LogP contribution in [-0.4, -0.2) is 4.98 Å². The summed E-state index contributed by atoms with van der Waals surface area (Å²) in [6.07, 6.45) is 1.60. The third kappa shape index (κ3) is 2.28. The summed E-state index contributed by atoms with van der Waals surface area (Å²) in [7, 11) is 0. The van der Waals surface area contributed by atoms with Gasteiger partial charge in [0.2, 0.25) is 0 Å². The molecule has 0 aliphatic heterocycles. The van der Waals surface area contributed by atoms with Crippen molar-refractivity contribution in [2.45, 2.75) is 6.92 Å². The molecule has 0 amide bonds. The lowest BCUT2D eigenvalue weighted by atomic mass is 10.2. The Balaban J connectivity index is 2.12. The highest BCUT2D eigenvalue weighted by Crippen LogP contribution is 2.37. The second-order valence-electron chi connectivity index (χ2n) is 4.60. The van der Waals surface area contributed by atoms with E-state index in [4.69, 9.17) is 22.1 Å². The number of anilines is 1. The summed E-state index contributed by atoms with van der Waals surface area (Å²) in [4.78, 5) is 4.28. The number of fused-ring (bicyclic) bond motifs is 1. The highest BCUT2D eigenvalue weighted by atomic mass is 35.5. The van der Waals surface area contributed by atoms with Crippen molar-refractivity contribution in [3.05, 3.63) is 59.2 Å². The van der Waals surface area contributed by atoms with Crippen molar-refractivity contribution >= 4 is 28.2 Å². The Morgan fingerprint density at radius 1 is 1.15 bits per heavy atom. The zero-order valence-electron chi connectivity index (χ0n) is 10.9. The number of aromatic nitrogens is 1. The molecule has 100 valence electrons. The Bertz CT molecular complexity index is 787. The minimum Gasteiger partial charge on any atom is -0.453 e. The summed E-state index contributed by atoms with van der Waals surface area (Å²) in [6, 6.07) is 13.3. The maximum atomic E-state index is 6.20. The van der Waals surface area contributed by atoms with Crippen LogP contribution in [0.2, 0.25) is 5.02 Å².